The number of benzene rings is 3. The Morgan fingerprint density at radius 3 is 2.58 bits per heavy atom. The number of hydrogen-bond donors (Lipinski definition) is 0. The monoisotopic (exact) mass is 376 g/mol. The predicted octanol–water partition coefficient (Wildman–Crippen LogP) is 6.44. The fourth-order valence-electron chi connectivity index (χ4n) is 2.98. The maximum Gasteiger partial charge on any atom is 0.190 e. The molecule has 4 aromatic rings. The molecular formula is C22H17ClN2S. The van der Waals surface area contributed by atoms with Gasteiger partial charge in [-0.25, -0.2) is 4.99 Å². The van der Waals surface area contributed by atoms with E-state index in [0.29, 0.717) is 6.54 Å². The van der Waals surface area contributed by atoms with Crippen LogP contribution in [0.4, 0.5) is 5.69 Å². The number of aromatic nitrogens is 1. The van der Waals surface area contributed by atoms with Gasteiger partial charge in [0.2, 0.25) is 0 Å². The van der Waals surface area contributed by atoms with Crippen LogP contribution < -0.4 is 4.80 Å². The largest absolute Gasteiger partial charge is 0.313 e. The number of rotatable bonds is 4. The molecule has 0 radical (unpaired) electrons. The first-order valence-electron chi connectivity index (χ1n) is 8.34. The Morgan fingerprint density at radius 2 is 1.77 bits per heavy atom. The second-order valence-corrected chi connectivity index (χ2v) is 7.19. The maximum absolute atomic E-state index is 6.03. The molecule has 0 aliphatic heterocycles. The highest BCUT2D eigenvalue weighted by atomic mass is 35.5. The summed E-state index contributed by atoms with van der Waals surface area (Å²) in [6.07, 6.45) is 1.90. The normalized spacial score (nSPS) is 11.8. The van der Waals surface area contributed by atoms with Gasteiger partial charge in [-0.1, -0.05) is 66.2 Å². The van der Waals surface area contributed by atoms with Crippen molar-refractivity contribution >= 4 is 39.4 Å². The van der Waals surface area contributed by atoms with E-state index in [-0.39, 0.29) is 0 Å². The standard InChI is InChI=1S/C22H17ClN2S/c1-2-14-25-21(17-10-12-18(23)13-11-17)15-26-22(25)24-20-9-5-7-16-6-3-4-8-19(16)20/h2-13,15H,1,14H2. The first-order valence-corrected chi connectivity index (χ1v) is 9.59. The smallest absolute Gasteiger partial charge is 0.190 e. The third-order valence-electron chi connectivity index (χ3n) is 4.23. The van der Waals surface area contributed by atoms with E-state index < -0.39 is 0 Å². The van der Waals surface area contributed by atoms with E-state index in [2.05, 4.69) is 40.8 Å². The zero-order chi connectivity index (χ0) is 17.9. The number of allylic oxidation sites excluding steroid dienone is 1. The lowest BCUT2D eigenvalue weighted by Crippen LogP contribution is -2.14. The van der Waals surface area contributed by atoms with Crippen molar-refractivity contribution in [2.75, 3.05) is 0 Å². The van der Waals surface area contributed by atoms with Crippen LogP contribution in [-0.2, 0) is 6.54 Å². The van der Waals surface area contributed by atoms with Crippen molar-refractivity contribution in [3.8, 4) is 11.3 Å². The molecule has 0 fully saturated rings. The van der Waals surface area contributed by atoms with Crippen LogP contribution in [0, 0.1) is 0 Å². The molecule has 0 saturated heterocycles. The molecule has 1 aromatic heterocycles. The number of nitrogens with zero attached hydrogens (tertiary/aromatic N) is 2. The summed E-state index contributed by atoms with van der Waals surface area (Å²) in [5.74, 6) is 0. The fraction of sp³-hybridized carbons (Fsp3) is 0.0455. The molecule has 0 spiro atoms. The van der Waals surface area contributed by atoms with E-state index in [1.807, 2.05) is 48.5 Å². The summed E-state index contributed by atoms with van der Waals surface area (Å²) in [7, 11) is 0. The minimum atomic E-state index is 0.699. The minimum absolute atomic E-state index is 0.699. The highest BCUT2D eigenvalue weighted by Crippen LogP contribution is 2.26. The summed E-state index contributed by atoms with van der Waals surface area (Å²) in [5, 5.41) is 5.22. The van der Waals surface area contributed by atoms with E-state index in [0.717, 1.165) is 32.2 Å². The summed E-state index contributed by atoms with van der Waals surface area (Å²) in [6, 6.07) is 22.4. The van der Waals surface area contributed by atoms with Crippen LogP contribution in [-0.4, -0.2) is 4.57 Å². The summed E-state index contributed by atoms with van der Waals surface area (Å²) in [5.41, 5.74) is 3.21. The molecular weight excluding hydrogens is 360 g/mol. The lowest BCUT2D eigenvalue weighted by molar-refractivity contribution is 0.801. The Bertz CT molecular complexity index is 1130. The van der Waals surface area contributed by atoms with Crippen molar-refractivity contribution < 1.29 is 0 Å². The zero-order valence-corrected chi connectivity index (χ0v) is 15.7. The maximum atomic E-state index is 6.03. The molecule has 0 bridgehead atoms. The molecule has 2 nitrogen and oxygen atoms in total. The topological polar surface area (TPSA) is 17.3 Å². The molecule has 0 aliphatic carbocycles. The van der Waals surface area contributed by atoms with Crippen LogP contribution in [0.1, 0.15) is 0 Å². The SMILES string of the molecule is C=CCn1c(-c2ccc(Cl)cc2)csc1=Nc1cccc2ccccc12. The molecule has 0 N–H and O–H groups in total. The molecule has 4 rings (SSSR count). The van der Waals surface area contributed by atoms with E-state index in [1.54, 1.807) is 11.3 Å². The van der Waals surface area contributed by atoms with Gasteiger partial charge in [-0.05, 0) is 29.1 Å². The molecule has 128 valence electrons. The van der Waals surface area contributed by atoms with Gasteiger partial charge >= 0.3 is 0 Å². The highest BCUT2D eigenvalue weighted by Gasteiger charge is 2.08. The first-order chi connectivity index (χ1) is 12.8. The fourth-order valence-corrected chi connectivity index (χ4v) is 4.04. The van der Waals surface area contributed by atoms with Gasteiger partial charge in [-0.2, -0.15) is 0 Å². The van der Waals surface area contributed by atoms with E-state index in [4.69, 9.17) is 16.6 Å². The summed E-state index contributed by atoms with van der Waals surface area (Å²) < 4.78 is 2.18. The van der Waals surface area contributed by atoms with Gasteiger partial charge in [-0.3, -0.25) is 0 Å². The molecule has 0 atom stereocenters. The van der Waals surface area contributed by atoms with Crippen LogP contribution in [0.5, 0.6) is 0 Å². The first kappa shape index (κ1) is 16.8. The second-order valence-electron chi connectivity index (χ2n) is 5.92. The molecule has 3 aromatic carbocycles. The van der Waals surface area contributed by atoms with Crippen molar-refractivity contribution in [2.45, 2.75) is 6.54 Å². The van der Waals surface area contributed by atoms with Crippen molar-refractivity contribution in [1.82, 2.24) is 4.57 Å². The van der Waals surface area contributed by atoms with Gasteiger partial charge < -0.3 is 4.57 Å². The molecule has 0 unspecified atom stereocenters. The van der Waals surface area contributed by atoms with Gasteiger partial charge in [0.05, 0.1) is 11.4 Å². The Morgan fingerprint density at radius 1 is 1.00 bits per heavy atom. The van der Waals surface area contributed by atoms with Crippen molar-refractivity contribution in [3.05, 3.63) is 94.6 Å². The number of thiazole rings is 1. The molecule has 0 saturated carbocycles. The molecule has 26 heavy (non-hydrogen) atoms. The Hall–Kier alpha value is -2.62. The molecule has 0 amide bonds. The average Bonchev–Trinajstić information content (AvgIpc) is 3.06. The van der Waals surface area contributed by atoms with E-state index in [1.165, 1.54) is 5.39 Å². The van der Waals surface area contributed by atoms with Gasteiger partial charge in [0.15, 0.2) is 4.80 Å². The van der Waals surface area contributed by atoms with Crippen molar-refractivity contribution in [2.24, 2.45) is 4.99 Å². The van der Waals surface area contributed by atoms with Crippen molar-refractivity contribution in [1.29, 1.82) is 0 Å². The summed E-state index contributed by atoms with van der Waals surface area (Å²) in [6.45, 7) is 4.60. The lowest BCUT2D eigenvalue weighted by atomic mass is 10.1. The quantitative estimate of drug-likeness (QED) is 0.364. The van der Waals surface area contributed by atoms with Crippen LogP contribution in [0.2, 0.25) is 5.02 Å². The van der Waals surface area contributed by atoms with Gasteiger partial charge in [0, 0.05) is 22.3 Å². The van der Waals surface area contributed by atoms with Crippen molar-refractivity contribution in [3.63, 3.8) is 0 Å². The molecule has 0 aliphatic rings. The second kappa shape index (κ2) is 7.32. The number of halogens is 1. The summed E-state index contributed by atoms with van der Waals surface area (Å²) >= 11 is 7.66. The van der Waals surface area contributed by atoms with E-state index >= 15 is 0 Å². The number of fused-ring (bicyclic) bond motifs is 1. The summed E-state index contributed by atoms with van der Waals surface area (Å²) in [4.78, 5) is 5.91. The minimum Gasteiger partial charge on any atom is -0.313 e. The third-order valence-corrected chi connectivity index (χ3v) is 5.35. The molecule has 1 heterocycles. The Labute approximate surface area is 161 Å². The van der Waals surface area contributed by atoms with Crippen LogP contribution in [0.15, 0.2) is 89.8 Å². The van der Waals surface area contributed by atoms with Crippen LogP contribution >= 0.6 is 22.9 Å². The molecule has 4 heteroatoms. The van der Waals surface area contributed by atoms with E-state index in [9.17, 15) is 0 Å². The van der Waals surface area contributed by atoms with Crippen LogP contribution in [0.3, 0.4) is 0 Å². The Kier molecular flexibility index (Phi) is 4.74. The third kappa shape index (κ3) is 3.24. The lowest BCUT2D eigenvalue weighted by Gasteiger charge is -2.07. The van der Waals surface area contributed by atoms with Gasteiger partial charge in [0.1, 0.15) is 0 Å². The predicted molar refractivity (Wildman–Crippen MR) is 112 cm³/mol. The average molecular weight is 377 g/mol. The van der Waals surface area contributed by atoms with Gasteiger partial charge in [0.25, 0.3) is 0 Å². The number of hydrogen-bond acceptors (Lipinski definition) is 2. The van der Waals surface area contributed by atoms with Crippen LogP contribution in [0.25, 0.3) is 22.0 Å². The zero-order valence-electron chi connectivity index (χ0n) is 14.1. The highest BCUT2D eigenvalue weighted by molar-refractivity contribution is 7.07. The van der Waals surface area contributed by atoms with Gasteiger partial charge in [-0.15, -0.1) is 17.9 Å². The Balaban J connectivity index is 1.90.